The normalized spacial score (nSPS) is 23.6. The topological polar surface area (TPSA) is 40.6 Å². The molecular weight excluding hydrogens is 399 g/mol. The molecule has 5 rings (SSSR count). The van der Waals surface area contributed by atoms with E-state index in [0.717, 1.165) is 53.8 Å². The molecule has 1 aliphatic carbocycles. The van der Waals surface area contributed by atoms with Crippen LogP contribution in [0.2, 0.25) is 0 Å². The SMILES string of the molecule is Cc1ccc2c(c1)[C@@]1(SCCN1C(=O)C1CCCC1)C(=O)N2Cc1cccc(F)c1. The van der Waals surface area contributed by atoms with E-state index in [1.165, 1.54) is 12.1 Å². The smallest absolute Gasteiger partial charge is 0.268 e. The maximum absolute atomic E-state index is 13.9. The van der Waals surface area contributed by atoms with Gasteiger partial charge in [0.05, 0.1) is 12.2 Å². The molecule has 2 aromatic rings. The Morgan fingerprint density at radius 1 is 1.20 bits per heavy atom. The van der Waals surface area contributed by atoms with Crippen LogP contribution >= 0.6 is 11.8 Å². The number of nitrogens with zero attached hydrogens (tertiary/aromatic N) is 2. The van der Waals surface area contributed by atoms with Crippen LogP contribution in [0.5, 0.6) is 0 Å². The van der Waals surface area contributed by atoms with Crippen molar-refractivity contribution < 1.29 is 14.0 Å². The van der Waals surface area contributed by atoms with Gasteiger partial charge in [0.2, 0.25) is 5.91 Å². The molecule has 4 nitrogen and oxygen atoms in total. The van der Waals surface area contributed by atoms with E-state index in [1.807, 2.05) is 36.1 Å². The molecule has 1 atom stereocenters. The molecule has 3 aliphatic rings. The Balaban J connectivity index is 1.57. The minimum Gasteiger partial charge on any atom is -0.315 e. The molecule has 6 heteroatoms. The molecule has 0 bridgehead atoms. The summed E-state index contributed by atoms with van der Waals surface area (Å²) in [5.74, 6) is 0.489. The lowest BCUT2D eigenvalue weighted by Crippen LogP contribution is -2.51. The van der Waals surface area contributed by atoms with E-state index in [9.17, 15) is 14.0 Å². The Morgan fingerprint density at radius 2 is 2.00 bits per heavy atom. The highest BCUT2D eigenvalue weighted by Crippen LogP contribution is 2.55. The summed E-state index contributed by atoms with van der Waals surface area (Å²) in [6, 6.07) is 12.4. The summed E-state index contributed by atoms with van der Waals surface area (Å²) < 4.78 is 13.8. The number of carbonyl (C=O) groups is 2. The number of thioether (sulfide) groups is 1. The second kappa shape index (κ2) is 7.41. The van der Waals surface area contributed by atoms with Gasteiger partial charge in [0.15, 0.2) is 4.87 Å². The van der Waals surface area contributed by atoms with E-state index in [2.05, 4.69) is 0 Å². The van der Waals surface area contributed by atoms with Crippen LogP contribution in [0, 0.1) is 18.7 Å². The number of halogens is 1. The number of carbonyl (C=O) groups excluding carboxylic acids is 2. The lowest BCUT2D eigenvalue weighted by Gasteiger charge is -2.35. The van der Waals surface area contributed by atoms with Crippen LogP contribution < -0.4 is 4.90 Å². The van der Waals surface area contributed by atoms with Crippen LogP contribution in [0.25, 0.3) is 0 Å². The van der Waals surface area contributed by atoms with E-state index in [4.69, 9.17) is 0 Å². The van der Waals surface area contributed by atoms with Crippen molar-refractivity contribution >= 4 is 29.3 Å². The zero-order valence-electron chi connectivity index (χ0n) is 17.1. The molecule has 1 saturated carbocycles. The summed E-state index contributed by atoms with van der Waals surface area (Å²) in [4.78, 5) is 30.0. The zero-order valence-corrected chi connectivity index (χ0v) is 17.9. The first-order valence-corrected chi connectivity index (χ1v) is 11.6. The maximum Gasteiger partial charge on any atom is 0.268 e. The van der Waals surface area contributed by atoms with Gasteiger partial charge in [-0.1, -0.05) is 42.7 Å². The summed E-state index contributed by atoms with van der Waals surface area (Å²) in [5.41, 5.74) is 3.53. The molecule has 30 heavy (non-hydrogen) atoms. The highest BCUT2D eigenvalue weighted by Gasteiger charge is 2.59. The Kier molecular flexibility index (Phi) is 4.85. The van der Waals surface area contributed by atoms with Crippen molar-refractivity contribution in [3.8, 4) is 0 Å². The average Bonchev–Trinajstić information content (AvgIpc) is 3.45. The standard InChI is InChI=1S/C24H25FN2O2S/c1-16-9-10-21-20(13-16)24(23(29)26(21)15-17-5-4-8-19(25)14-17)27(11-12-30-24)22(28)18-6-2-3-7-18/h4-5,8-10,13-14,18H,2-3,6-7,11-12,15H2,1H3/t24-/m1/s1. The quantitative estimate of drug-likeness (QED) is 0.723. The molecule has 1 spiro atoms. The van der Waals surface area contributed by atoms with Gasteiger partial charge in [0.1, 0.15) is 5.82 Å². The molecular formula is C24H25FN2O2S. The van der Waals surface area contributed by atoms with Gasteiger partial charge < -0.3 is 9.80 Å². The predicted octanol–water partition coefficient (Wildman–Crippen LogP) is 4.60. The van der Waals surface area contributed by atoms with E-state index in [0.29, 0.717) is 13.1 Å². The Hall–Kier alpha value is -2.34. The third kappa shape index (κ3) is 2.96. The predicted molar refractivity (Wildman–Crippen MR) is 117 cm³/mol. The van der Waals surface area contributed by atoms with Crippen molar-refractivity contribution in [2.45, 2.75) is 44.0 Å². The van der Waals surface area contributed by atoms with Crippen molar-refractivity contribution in [1.29, 1.82) is 0 Å². The van der Waals surface area contributed by atoms with Crippen LogP contribution in [-0.4, -0.2) is 29.0 Å². The molecule has 2 aliphatic heterocycles. The van der Waals surface area contributed by atoms with Gasteiger partial charge in [-0.15, -0.1) is 11.8 Å². The third-order valence-electron chi connectivity index (χ3n) is 6.55. The lowest BCUT2D eigenvalue weighted by atomic mass is 10.00. The fourth-order valence-corrected chi connectivity index (χ4v) is 6.58. The van der Waals surface area contributed by atoms with Crippen molar-refractivity contribution in [1.82, 2.24) is 4.90 Å². The fraction of sp³-hybridized carbons (Fsp3) is 0.417. The highest BCUT2D eigenvalue weighted by molar-refractivity contribution is 8.01. The number of hydrogen-bond acceptors (Lipinski definition) is 3. The maximum atomic E-state index is 13.9. The molecule has 0 aromatic heterocycles. The fourth-order valence-electron chi connectivity index (χ4n) is 5.12. The average molecular weight is 425 g/mol. The number of rotatable bonds is 3. The number of fused-ring (bicyclic) bond motifs is 2. The summed E-state index contributed by atoms with van der Waals surface area (Å²) in [7, 11) is 0. The molecule has 2 aromatic carbocycles. The monoisotopic (exact) mass is 424 g/mol. The Bertz CT molecular complexity index is 1020. The Morgan fingerprint density at radius 3 is 2.77 bits per heavy atom. The summed E-state index contributed by atoms with van der Waals surface area (Å²) in [5, 5.41) is 0. The van der Waals surface area contributed by atoms with Crippen molar-refractivity contribution in [2.75, 3.05) is 17.2 Å². The van der Waals surface area contributed by atoms with Crippen molar-refractivity contribution in [3.63, 3.8) is 0 Å². The molecule has 1 saturated heterocycles. The van der Waals surface area contributed by atoms with E-state index in [-0.39, 0.29) is 23.5 Å². The minimum atomic E-state index is -0.992. The molecule has 2 amide bonds. The molecule has 2 fully saturated rings. The van der Waals surface area contributed by atoms with Gasteiger partial charge in [0.25, 0.3) is 5.91 Å². The number of hydrogen-bond donors (Lipinski definition) is 0. The van der Waals surface area contributed by atoms with Crippen molar-refractivity contribution in [2.24, 2.45) is 5.92 Å². The largest absolute Gasteiger partial charge is 0.315 e. The number of aryl methyl sites for hydroxylation is 1. The van der Waals surface area contributed by atoms with E-state index >= 15 is 0 Å². The van der Waals surface area contributed by atoms with Crippen LogP contribution in [0.4, 0.5) is 10.1 Å². The molecule has 0 N–H and O–H groups in total. The van der Waals surface area contributed by atoms with Crippen LogP contribution in [0.3, 0.4) is 0 Å². The van der Waals surface area contributed by atoms with Gasteiger partial charge in [-0.2, -0.15) is 0 Å². The number of anilines is 1. The molecule has 2 heterocycles. The first-order valence-electron chi connectivity index (χ1n) is 10.6. The van der Waals surface area contributed by atoms with Gasteiger partial charge >= 0.3 is 0 Å². The highest BCUT2D eigenvalue weighted by atomic mass is 32.2. The Labute approximate surface area is 180 Å². The summed E-state index contributed by atoms with van der Waals surface area (Å²) in [6.45, 7) is 2.89. The number of benzene rings is 2. The second-order valence-corrected chi connectivity index (χ2v) is 9.79. The van der Waals surface area contributed by atoms with Crippen LogP contribution in [0.15, 0.2) is 42.5 Å². The van der Waals surface area contributed by atoms with Crippen LogP contribution in [0.1, 0.15) is 42.4 Å². The first kappa shape index (κ1) is 19.6. The van der Waals surface area contributed by atoms with Gasteiger partial charge in [-0.3, -0.25) is 9.59 Å². The summed E-state index contributed by atoms with van der Waals surface area (Å²) in [6.07, 6.45) is 4.00. The van der Waals surface area contributed by atoms with Gasteiger partial charge in [-0.05, 0) is 43.5 Å². The van der Waals surface area contributed by atoms with E-state index in [1.54, 1.807) is 22.7 Å². The second-order valence-electron chi connectivity index (χ2n) is 8.51. The van der Waals surface area contributed by atoms with Crippen LogP contribution in [-0.2, 0) is 21.0 Å². The van der Waals surface area contributed by atoms with Crippen molar-refractivity contribution in [3.05, 3.63) is 65.0 Å². The van der Waals surface area contributed by atoms with E-state index < -0.39 is 4.87 Å². The summed E-state index contributed by atoms with van der Waals surface area (Å²) >= 11 is 1.56. The third-order valence-corrected chi connectivity index (χ3v) is 7.97. The van der Waals surface area contributed by atoms with Gasteiger partial charge in [-0.25, -0.2) is 4.39 Å². The van der Waals surface area contributed by atoms with Gasteiger partial charge in [0, 0.05) is 23.8 Å². The lowest BCUT2D eigenvalue weighted by molar-refractivity contribution is -0.143. The molecule has 156 valence electrons. The molecule has 0 unspecified atom stereocenters. The minimum absolute atomic E-state index is 0.0268. The molecule has 0 radical (unpaired) electrons. The zero-order chi connectivity index (χ0) is 20.9. The number of amides is 2. The first-order chi connectivity index (χ1) is 14.5.